The van der Waals surface area contributed by atoms with Crippen molar-refractivity contribution in [2.24, 2.45) is 0 Å². The minimum Gasteiger partial charge on any atom is -0.491 e. The molecule has 0 saturated heterocycles. The van der Waals surface area contributed by atoms with Gasteiger partial charge in [-0.05, 0) is 54.8 Å². The van der Waals surface area contributed by atoms with Gasteiger partial charge < -0.3 is 10.1 Å². The summed E-state index contributed by atoms with van der Waals surface area (Å²) in [6, 6.07) is 25.8. The van der Waals surface area contributed by atoms with Crippen LogP contribution in [-0.2, 0) is 11.2 Å². The summed E-state index contributed by atoms with van der Waals surface area (Å²) in [5.74, 6) is 0.768. The standard InChI is InChI=1S/C23H23NO2/c1-17(2)26-22-14-12-21(13-15-22)24-23(25)16-18-8-10-20(11-9-18)19-6-4-3-5-7-19/h3-15,17H,16H2,1-2H3,(H,24,25). The molecule has 0 aromatic heterocycles. The number of nitrogens with one attached hydrogen (secondary N) is 1. The minimum absolute atomic E-state index is 0.0324. The third kappa shape index (κ3) is 4.96. The molecular weight excluding hydrogens is 322 g/mol. The molecule has 3 heteroatoms. The normalized spacial score (nSPS) is 10.6. The Morgan fingerprint density at radius 1 is 0.846 bits per heavy atom. The first-order valence-corrected chi connectivity index (χ1v) is 8.81. The highest BCUT2D eigenvalue weighted by atomic mass is 16.5. The van der Waals surface area contributed by atoms with Crippen LogP contribution in [0, 0.1) is 0 Å². The van der Waals surface area contributed by atoms with Crippen molar-refractivity contribution in [1.82, 2.24) is 0 Å². The maximum Gasteiger partial charge on any atom is 0.228 e. The Bertz CT molecular complexity index is 838. The summed E-state index contributed by atoms with van der Waals surface area (Å²) >= 11 is 0. The van der Waals surface area contributed by atoms with E-state index in [9.17, 15) is 4.79 Å². The van der Waals surface area contributed by atoms with Crippen molar-refractivity contribution < 1.29 is 9.53 Å². The van der Waals surface area contributed by atoms with E-state index in [2.05, 4.69) is 29.6 Å². The average molecular weight is 345 g/mol. The molecule has 0 radical (unpaired) electrons. The van der Waals surface area contributed by atoms with Crippen LogP contribution in [0.3, 0.4) is 0 Å². The number of anilines is 1. The van der Waals surface area contributed by atoms with Gasteiger partial charge in [-0.1, -0.05) is 54.6 Å². The Labute approximate surface area is 154 Å². The summed E-state index contributed by atoms with van der Waals surface area (Å²) in [4.78, 5) is 12.3. The van der Waals surface area contributed by atoms with Crippen LogP contribution in [-0.4, -0.2) is 12.0 Å². The number of hydrogen-bond donors (Lipinski definition) is 1. The van der Waals surface area contributed by atoms with Crippen LogP contribution in [0.1, 0.15) is 19.4 Å². The molecule has 132 valence electrons. The molecule has 1 N–H and O–H groups in total. The number of amides is 1. The van der Waals surface area contributed by atoms with Crippen LogP contribution in [0.15, 0.2) is 78.9 Å². The lowest BCUT2D eigenvalue weighted by molar-refractivity contribution is -0.115. The Hall–Kier alpha value is -3.07. The van der Waals surface area contributed by atoms with Gasteiger partial charge in [-0.15, -0.1) is 0 Å². The topological polar surface area (TPSA) is 38.3 Å². The van der Waals surface area contributed by atoms with Gasteiger partial charge in [0.05, 0.1) is 12.5 Å². The van der Waals surface area contributed by atoms with Crippen molar-refractivity contribution >= 4 is 11.6 Å². The highest BCUT2D eigenvalue weighted by Crippen LogP contribution is 2.20. The first-order valence-electron chi connectivity index (χ1n) is 8.81. The van der Waals surface area contributed by atoms with Gasteiger partial charge in [0.25, 0.3) is 0 Å². The SMILES string of the molecule is CC(C)Oc1ccc(NC(=O)Cc2ccc(-c3ccccc3)cc2)cc1. The molecule has 3 aromatic carbocycles. The van der Waals surface area contributed by atoms with Gasteiger partial charge in [0.15, 0.2) is 0 Å². The van der Waals surface area contributed by atoms with E-state index in [1.165, 1.54) is 5.56 Å². The maximum absolute atomic E-state index is 12.3. The monoisotopic (exact) mass is 345 g/mol. The molecule has 0 aliphatic rings. The fraction of sp³-hybridized carbons (Fsp3) is 0.174. The number of rotatable bonds is 6. The summed E-state index contributed by atoms with van der Waals surface area (Å²) in [5, 5.41) is 2.92. The zero-order valence-corrected chi connectivity index (χ0v) is 15.1. The molecule has 0 aliphatic heterocycles. The number of hydrogen-bond acceptors (Lipinski definition) is 2. The van der Waals surface area contributed by atoms with E-state index in [-0.39, 0.29) is 12.0 Å². The molecule has 26 heavy (non-hydrogen) atoms. The predicted molar refractivity (Wildman–Crippen MR) is 106 cm³/mol. The Morgan fingerprint density at radius 2 is 1.46 bits per heavy atom. The molecule has 0 aliphatic carbocycles. The third-order valence-electron chi connectivity index (χ3n) is 3.94. The molecule has 1 amide bonds. The number of ether oxygens (including phenoxy) is 1. The van der Waals surface area contributed by atoms with Crippen LogP contribution < -0.4 is 10.1 Å². The minimum atomic E-state index is -0.0324. The van der Waals surface area contributed by atoms with Crippen LogP contribution >= 0.6 is 0 Å². The summed E-state index contributed by atoms with van der Waals surface area (Å²) in [7, 11) is 0. The van der Waals surface area contributed by atoms with E-state index in [0.717, 1.165) is 22.6 Å². The maximum atomic E-state index is 12.3. The Morgan fingerprint density at radius 3 is 2.08 bits per heavy atom. The third-order valence-corrected chi connectivity index (χ3v) is 3.94. The van der Waals surface area contributed by atoms with Gasteiger partial charge in [-0.3, -0.25) is 4.79 Å². The first kappa shape index (κ1) is 17.7. The van der Waals surface area contributed by atoms with Crippen LogP contribution in [0.25, 0.3) is 11.1 Å². The molecule has 0 atom stereocenters. The summed E-state index contributed by atoms with van der Waals surface area (Å²) in [6.07, 6.45) is 0.480. The molecular formula is C23H23NO2. The van der Waals surface area contributed by atoms with Crippen molar-refractivity contribution in [2.75, 3.05) is 5.32 Å². The van der Waals surface area contributed by atoms with Gasteiger partial charge in [0, 0.05) is 5.69 Å². The largest absolute Gasteiger partial charge is 0.491 e. The summed E-state index contributed by atoms with van der Waals surface area (Å²) < 4.78 is 5.60. The van der Waals surface area contributed by atoms with E-state index in [1.54, 1.807) is 0 Å². The summed E-state index contributed by atoms with van der Waals surface area (Å²) in [5.41, 5.74) is 4.08. The predicted octanol–water partition coefficient (Wildman–Crippen LogP) is 5.32. The zero-order valence-electron chi connectivity index (χ0n) is 15.1. The fourth-order valence-corrected chi connectivity index (χ4v) is 2.73. The van der Waals surface area contributed by atoms with E-state index >= 15 is 0 Å². The molecule has 0 spiro atoms. The van der Waals surface area contributed by atoms with E-state index in [0.29, 0.717) is 6.42 Å². The average Bonchev–Trinajstić information content (AvgIpc) is 2.64. The second-order valence-electron chi connectivity index (χ2n) is 6.48. The van der Waals surface area contributed by atoms with E-state index in [1.807, 2.05) is 68.4 Å². The smallest absolute Gasteiger partial charge is 0.228 e. The van der Waals surface area contributed by atoms with Gasteiger partial charge in [-0.25, -0.2) is 0 Å². The quantitative estimate of drug-likeness (QED) is 0.656. The van der Waals surface area contributed by atoms with E-state index in [4.69, 9.17) is 4.74 Å². The van der Waals surface area contributed by atoms with Gasteiger partial charge in [-0.2, -0.15) is 0 Å². The second kappa shape index (κ2) is 8.34. The molecule has 0 saturated carbocycles. The van der Waals surface area contributed by atoms with Crippen LogP contribution in [0.4, 0.5) is 5.69 Å². The zero-order chi connectivity index (χ0) is 18.4. The molecule has 3 rings (SSSR count). The highest BCUT2D eigenvalue weighted by molar-refractivity contribution is 5.92. The van der Waals surface area contributed by atoms with Crippen molar-refractivity contribution in [2.45, 2.75) is 26.4 Å². The Kier molecular flexibility index (Phi) is 5.69. The van der Waals surface area contributed by atoms with Crippen molar-refractivity contribution in [3.05, 3.63) is 84.4 Å². The molecule has 0 bridgehead atoms. The molecule has 3 nitrogen and oxygen atoms in total. The number of carbonyl (C=O) groups excluding carboxylic acids is 1. The van der Waals surface area contributed by atoms with Crippen LogP contribution in [0.5, 0.6) is 5.75 Å². The van der Waals surface area contributed by atoms with Crippen molar-refractivity contribution in [1.29, 1.82) is 0 Å². The van der Waals surface area contributed by atoms with Crippen molar-refractivity contribution in [3.63, 3.8) is 0 Å². The molecule has 0 fully saturated rings. The van der Waals surface area contributed by atoms with E-state index < -0.39 is 0 Å². The molecule has 0 heterocycles. The highest BCUT2D eigenvalue weighted by Gasteiger charge is 2.06. The first-order chi connectivity index (χ1) is 12.6. The lowest BCUT2D eigenvalue weighted by atomic mass is 10.0. The van der Waals surface area contributed by atoms with Gasteiger partial charge in [0.2, 0.25) is 5.91 Å². The number of benzene rings is 3. The second-order valence-corrected chi connectivity index (χ2v) is 6.48. The molecule has 3 aromatic rings. The van der Waals surface area contributed by atoms with Crippen molar-refractivity contribution in [3.8, 4) is 16.9 Å². The number of carbonyl (C=O) groups is 1. The fourth-order valence-electron chi connectivity index (χ4n) is 2.73. The van der Waals surface area contributed by atoms with Gasteiger partial charge >= 0.3 is 0 Å². The summed E-state index contributed by atoms with van der Waals surface area (Å²) in [6.45, 7) is 3.97. The Balaban J connectivity index is 1.58. The van der Waals surface area contributed by atoms with Gasteiger partial charge in [0.1, 0.15) is 5.75 Å². The lowest BCUT2D eigenvalue weighted by Gasteiger charge is -2.11. The molecule has 0 unspecified atom stereocenters. The van der Waals surface area contributed by atoms with Crippen LogP contribution in [0.2, 0.25) is 0 Å². The lowest BCUT2D eigenvalue weighted by Crippen LogP contribution is -2.14.